The maximum atomic E-state index is 7.56. The van der Waals surface area contributed by atoms with Crippen molar-refractivity contribution in [3.63, 3.8) is 0 Å². The lowest BCUT2D eigenvalue weighted by molar-refractivity contribution is -0.909. The summed E-state index contributed by atoms with van der Waals surface area (Å²) in [6, 6.07) is 0. The van der Waals surface area contributed by atoms with Crippen LogP contribution in [0.3, 0.4) is 0 Å². The van der Waals surface area contributed by atoms with E-state index in [-0.39, 0.29) is 6.61 Å². The van der Waals surface area contributed by atoms with Crippen molar-refractivity contribution in [2.24, 2.45) is 0 Å². The van der Waals surface area contributed by atoms with Gasteiger partial charge in [-0.25, -0.2) is 10.1 Å². The zero-order valence-electron chi connectivity index (χ0n) is 18.9. The van der Waals surface area contributed by atoms with E-state index < -0.39 is 0 Å². The molecule has 0 aliphatic rings. The molecule has 0 heterocycles. The first kappa shape index (κ1) is 42.3. The standard InChI is InChI=1S/C2H6O42/c1-2-4-6-8-10-12-14-16-18-20-22-24-26-28-30-32-34-36-38-40-42-44-43-41-39-37-35-33-31-29-27-25-23-21-19-17-15-13-11-9-7-5-3/h3H,2H2,1H3. The molecule has 0 fully saturated rings. The Balaban J connectivity index is 3.03. The van der Waals surface area contributed by atoms with Gasteiger partial charge in [0.1, 0.15) is 0 Å². The predicted molar refractivity (Wildman–Crippen MR) is 57.7 cm³/mol. The Hall–Kier alpha value is -1.68. The van der Waals surface area contributed by atoms with E-state index in [9.17, 15) is 0 Å². The minimum Gasteiger partial charge on any atom is -0.219 e. The lowest BCUT2D eigenvalue weighted by Crippen LogP contribution is -2.06. The van der Waals surface area contributed by atoms with Crippen LogP contribution in [0.15, 0.2) is 0 Å². The van der Waals surface area contributed by atoms with E-state index in [0.717, 1.165) is 0 Å². The van der Waals surface area contributed by atoms with Crippen LogP contribution in [0, 0.1) is 0 Å². The fraction of sp³-hybridized carbons (Fsp3) is 1.00. The second-order valence-electron chi connectivity index (χ2n) is 3.13. The predicted octanol–water partition coefficient (Wildman–Crippen LogP) is -2.24. The quantitative estimate of drug-likeness (QED) is 0.0399. The first-order chi connectivity index (χ1) is 21.9. The largest absolute Gasteiger partial charge is 0.219 e. The molecule has 0 spiro atoms. The second-order valence-corrected chi connectivity index (χ2v) is 3.13. The number of hydrogen-bond donors (Lipinski definition) is 1. The van der Waals surface area contributed by atoms with Crippen LogP contribution in [0.1, 0.15) is 6.92 Å². The lowest BCUT2D eigenvalue weighted by atomic mass is 10.9. The average molecular weight is 702 g/mol. The van der Waals surface area contributed by atoms with Crippen molar-refractivity contribution in [3.8, 4) is 0 Å². The van der Waals surface area contributed by atoms with Crippen molar-refractivity contribution >= 4 is 0 Å². The van der Waals surface area contributed by atoms with E-state index in [0.29, 0.717) is 0 Å². The fourth-order valence-corrected chi connectivity index (χ4v) is 0.500. The van der Waals surface area contributed by atoms with Gasteiger partial charge in [-0.3, -0.25) is 0 Å². The van der Waals surface area contributed by atoms with Gasteiger partial charge in [-0.15, -0.1) is 0 Å². The number of hydrogen-bond acceptors (Lipinski definition) is 42. The van der Waals surface area contributed by atoms with Crippen molar-refractivity contribution in [1.29, 1.82) is 0 Å². The molecule has 0 bridgehead atoms. The van der Waals surface area contributed by atoms with Gasteiger partial charge in [-0.1, -0.05) is 0 Å². The molecular weight excluding hydrogens is 696 g/mol. The molecule has 0 aliphatic carbocycles. The van der Waals surface area contributed by atoms with Crippen LogP contribution >= 0.6 is 0 Å². The van der Waals surface area contributed by atoms with Crippen LogP contribution in [-0.4, -0.2) is 11.9 Å². The molecule has 0 saturated carbocycles. The fourth-order valence-electron chi connectivity index (χ4n) is 0.500. The van der Waals surface area contributed by atoms with Gasteiger partial charge in [0.2, 0.25) is 0 Å². The summed E-state index contributed by atoms with van der Waals surface area (Å²) in [5.41, 5.74) is 0. The Labute approximate surface area is 227 Å². The smallest absolute Gasteiger partial charge is 0.0826 e. The highest BCUT2D eigenvalue weighted by atomic mass is 18.0. The Morgan fingerprint density at radius 3 is 0.500 bits per heavy atom. The van der Waals surface area contributed by atoms with Crippen LogP contribution in [0.5, 0.6) is 0 Å². The lowest BCUT2D eigenvalue weighted by Gasteiger charge is -2.00. The third-order valence-corrected chi connectivity index (χ3v) is 1.25. The molecule has 0 saturated heterocycles. The van der Waals surface area contributed by atoms with E-state index in [1.54, 1.807) is 6.92 Å². The molecule has 0 aromatic carbocycles. The molecule has 1 N–H and O–H groups in total. The highest BCUT2D eigenvalue weighted by Gasteiger charge is 2.03. The Bertz CT molecular complexity index is 423. The Kier molecular flexibility index (Phi) is 39.7. The van der Waals surface area contributed by atoms with Crippen LogP contribution in [0.25, 0.3) is 0 Å². The molecule has 42 nitrogen and oxygen atoms in total. The van der Waals surface area contributed by atoms with Crippen LogP contribution in [0.4, 0.5) is 0 Å². The molecule has 0 rings (SSSR count). The van der Waals surface area contributed by atoms with Gasteiger partial charge in [0.05, 0.1) is 6.61 Å². The first-order valence-corrected chi connectivity index (χ1v) is 7.85. The molecule has 0 aromatic rings. The summed E-state index contributed by atoms with van der Waals surface area (Å²) < 4.78 is 0. The van der Waals surface area contributed by atoms with Gasteiger partial charge >= 0.3 is 0 Å². The minimum atomic E-state index is 0.130. The Morgan fingerprint density at radius 1 is 0.227 bits per heavy atom. The zero-order chi connectivity index (χ0) is 31.7. The average Bonchev–Trinajstić information content (AvgIpc) is 3.04. The van der Waals surface area contributed by atoms with Gasteiger partial charge < -0.3 is 0 Å². The molecule has 0 atom stereocenters. The van der Waals surface area contributed by atoms with Gasteiger partial charge in [0, 0.05) is 121 Å². The topological polar surface area (TPSA) is 399 Å². The maximum absolute atomic E-state index is 7.56. The van der Waals surface area contributed by atoms with Crippen LogP contribution in [-0.2, 0) is 206 Å². The van der Waals surface area contributed by atoms with Crippen molar-refractivity contribution in [2.45, 2.75) is 6.92 Å². The zero-order valence-corrected chi connectivity index (χ0v) is 18.9. The highest BCUT2D eigenvalue weighted by molar-refractivity contribution is 3.89. The normalized spacial score (nSPS) is 11.6. The first-order valence-electron chi connectivity index (χ1n) is 7.85. The summed E-state index contributed by atoms with van der Waals surface area (Å²) in [4.78, 5) is 4.17. The molecule has 0 aromatic heterocycles. The van der Waals surface area contributed by atoms with E-state index in [1.807, 2.05) is 0 Å². The molecular formula is C2H6O42. The van der Waals surface area contributed by atoms with Crippen molar-refractivity contribution in [1.82, 2.24) is 0 Å². The monoisotopic (exact) mass is 702 g/mol. The van der Waals surface area contributed by atoms with Crippen LogP contribution in [0.2, 0.25) is 0 Å². The second kappa shape index (κ2) is 41.3. The molecule has 44 heavy (non-hydrogen) atoms. The van der Waals surface area contributed by atoms with Gasteiger partial charge in [-0.05, 0) is 87.5 Å². The molecule has 0 amide bonds. The third kappa shape index (κ3) is 40.3. The van der Waals surface area contributed by atoms with Crippen molar-refractivity contribution < 1.29 is 212 Å². The molecule has 0 aliphatic heterocycles. The Morgan fingerprint density at radius 2 is 0.364 bits per heavy atom. The van der Waals surface area contributed by atoms with Crippen molar-refractivity contribution in [3.05, 3.63) is 0 Å². The summed E-state index contributed by atoms with van der Waals surface area (Å²) in [7, 11) is 0. The van der Waals surface area contributed by atoms with Crippen LogP contribution < -0.4 is 0 Å². The van der Waals surface area contributed by atoms with Gasteiger partial charge in [0.15, 0.2) is 0 Å². The van der Waals surface area contributed by atoms with Gasteiger partial charge in [-0.2, -0.15) is 0 Å². The molecule has 42 heteroatoms. The summed E-state index contributed by atoms with van der Waals surface area (Å²) in [6.45, 7) is 1.69. The number of rotatable bonds is 41. The van der Waals surface area contributed by atoms with Gasteiger partial charge in [0.25, 0.3) is 0 Å². The van der Waals surface area contributed by atoms with E-state index in [1.165, 1.54) is 0 Å². The molecule has 266 valence electrons. The van der Waals surface area contributed by atoms with E-state index >= 15 is 0 Å². The third-order valence-electron chi connectivity index (χ3n) is 1.25. The summed E-state index contributed by atoms with van der Waals surface area (Å²) in [5.74, 6) is 0. The van der Waals surface area contributed by atoms with E-state index in [4.69, 9.17) is 5.26 Å². The SMILES string of the molecule is CCOOOOOOOOOOOOOOOOOOOOOOOOOOOOOOOOOOOOOOOOOO. The summed E-state index contributed by atoms with van der Waals surface area (Å²) in [5, 5.41) is 147. The maximum Gasteiger partial charge on any atom is 0.0826 e. The van der Waals surface area contributed by atoms with Crippen molar-refractivity contribution in [2.75, 3.05) is 6.61 Å². The van der Waals surface area contributed by atoms with E-state index in [2.05, 4.69) is 206 Å². The highest BCUT2D eigenvalue weighted by Crippen LogP contribution is 1.96. The molecule has 0 radical (unpaired) electrons. The molecule has 0 unspecified atom stereocenters. The summed E-state index contributed by atoms with van der Waals surface area (Å²) in [6.07, 6.45) is 0. The summed E-state index contributed by atoms with van der Waals surface area (Å²) >= 11 is 0. The minimum absolute atomic E-state index is 0.130.